The molecule has 1 saturated heterocycles. The first kappa shape index (κ1) is 21.0. The van der Waals surface area contributed by atoms with Crippen molar-refractivity contribution in [2.75, 3.05) is 30.5 Å². The third kappa shape index (κ3) is 3.50. The summed E-state index contributed by atoms with van der Waals surface area (Å²) in [5.74, 6) is 0.270. The molecule has 2 aliphatic rings. The van der Waals surface area contributed by atoms with Gasteiger partial charge in [0.2, 0.25) is 0 Å². The van der Waals surface area contributed by atoms with Crippen LogP contribution in [-0.2, 0) is 0 Å². The molecular formula is C26H25N3O4. The van der Waals surface area contributed by atoms with E-state index in [1.165, 1.54) is 0 Å². The number of aliphatic hydroxyl groups is 1. The average Bonchev–Trinajstić information content (AvgIpc) is 2.84. The van der Waals surface area contributed by atoms with Crippen LogP contribution < -0.4 is 15.0 Å². The Bertz CT molecular complexity index is 1180. The molecule has 33 heavy (non-hydrogen) atoms. The number of nitrogens with zero attached hydrogens (tertiary/aromatic N) is 2. The van der Waals surface area contributed by atoms with Crippen molar-refractivity contribution in [3.63, 3.8) is 0 Å². The van der Waals surface area contributed by atoms with Crippen molar-refractivity contribution in [3.8, 4) is 5.75 Å². The number of rotatable bonds is 4. The molecule has 7 nitrogen and oxygen atoms in total. The highest BCUT2D eigenvalue weighted by Gasteiger charge is 2.55. The van der Waals surface area contributed by atoms with Crippen molar-refractivity contribution in [3.05, 3.63) is 90.0 Å². The van der Waals surface area contributed by atoms with E-state index in [1.54, 1.807) is 35.1 Å². The molecule has 3 aromatic carbocycles. The number of nitrogens with one attached hydrogen (secondary N) is 1. The second-order valence-electron chi connectivity index (χ2n) is 8.22. The topological polar surface area (TPSA) is 82.1 Å². The molecule has 0 spiro atoms. The highest BCUT2D eigenvalue weighted by atomic mass is 16.5. The maximum atomic E-state index is 13.6. The number of para-hydroxylation sites is 3. The third-order valence-corrected chi connectivity index (χ3v) is 6.53. The molecule has 3 aromatic rings. The first-order chi connectivity index (χ1) is 16.1. The van der Waals surface area contributed by atoms with Crippen LogP contribution in [0.15, 0.2) is 78.9 Å². The number of anilines is 2. The zero-order valence-electron chi connectivity index (χ0n) is 18.2. The summed E-state index contributed by atoms with van der Waals surface area (Å²) in [6.45, 7) is 0.176. The van der Waals surface area contributed by atoms with Crippen LogP contribution in [0.25, 0.3) is 0 Å². The number of methoxy groups -OCH3 is 1. The monoisotopic (exact) mass is 443 g/mol. The number of aliphatic hydroxyl groups excluding tert-OH is 1. The number of hydrogen-bond donors (Lipinski definition) is 2. The number of carbonyl (C=O) groups excluding carboxylic acids is 2. The first-order valence-corrected chi connectivity index (χ1v) is 10.9. The van der Waals surface area contributed by atoms with Gasteiger partial charge in [0.25, 0.3) is 5.91 Å². The molecular weight excluding hydrogens is 418 g/mol. The van der Waals surface area contributed by atoms with Crippen molar-refractivity contribution in [1.82, 2.24) is 4.90 Å². The minimum Gasteiger partial charge on any atom is -0.496 e. The number of fused-ring (bicyclic) bond motifs is 3. The van der Waals surface area contributed by atoms with Gasteiger partial charge in [0.05, 0.1) is 31.4 Å². The molecule has 2 N–H and O–H groups in total. The minimum absolute atomic E-state index is 0.0468. The maximum Gasteiger partial charge on any atom is 0.322 e. The standard InChI is InChI=1S/C26H25N3O4/c1-33-23-14-8-6-12-19(23)25(31)28-15-21-24(18-11-5-7-13-20(18)28)22(16-30)29(21)26(32)27-17-9-3-2-4-10-17/h2-14,21-22,24,30H,15-16H2,1H3,(H,27,32)/t21-,22+,24+/m0/s1. The predicted molar refractivity (Wildman–Crippen MR) is 126 cm³/mol. The quantitative estimate of drug-likeness (QED) is 0.644. The van der Waals surface area contributed by atoms with Gasteiger partial charge in [0, 0.05) is 23.8 Å². The molecule has 0 saturated carbocycles. The molecule has 0 aromatic heterocycles. The van der Waals surface area contributed by atoms with E-state index < -0.39 is 0 Å². The number of amides is 3. The molecule has 2 aliphatic heterocycles. The van der Waals surface area contributed by atoms with E-state index in [9.17, 15) is 14.7 Å². The Kier molecular flexibility index (Phi) is 5.48. The molecule has 0 aliphatic carbocycles. The molecule has 0 unspecified atom stereocenters. The average molecular weight is 444 g/mol. The lowest BCUT2D eigenvalue weighted by Crippen LogP contribution is -2.71. The second kappa shape index (κ2) is 8.60. The molecule has 3 atom stereocenters. The molecule has 2 heterocycles. The number of hydrogen-bond acceptors (Lipinski definition) is 4. The highest BCUT2D eigenvalue weighted by Crippen LogP contribution is 2.48. The smallest absolute Gasteiger partial charge is 0.322 e. The number of benzene rings is 3. The zero-order valence-corrected chi connectivity index (χ0v) is 18.2. The van der Waals surface area contributed by atoms with Crippen LogP contribution in [0, 0.1) is 0 Å². The van der Waals surface area contributed by atoms with Crippen molar-refractivity contribution < 1.29 is 19.4 Å². The number of carbonyl (C=O) groups is 2. The van der Waals surface area contributed by atoms with E-state index >= 15 is 0 Å². The van der Waals surface area contributed by atoms with Crippen molar-refractivity contribution in [2.45, 2.75) is 18.0 Å². The summed E-state index contributed by atoms with van der Waals surface area (Å²) in [7, 11) is 1.54. The van der Waals surface area contributed by atoms with Crippen LogP contribution in [0.4, 0.5) is 16.2 Å². The molecule has 1 fully saturated rings. The summed E-state index contributed by atoms with van der Waals surface area (Å²) in [5.41, 5.74) is 2.91. The normalized spacial score (nSPS) is 20.8. The van der Waals surface area contributed by atoms with Crippen LogP contribution in [0.2, 0.25) is 0 Å². The van der Waals surface area contributed by atoms with Crippen molar-refractivity contribution in [1.29, 1.82) is 0 Å². The van der Waals surface area contributed by atoms with Crippen LogP contribution >= 0.6 is 0 Å². The summed E-state index contributed by atoms with van der Waals surface area (Å²) >= 11 is 0. The van der Waals surface area contributed by atoms with E-state index in [1.807, 2.05) is 60.7 Å². The summed E-state index contributed by atoms with van der Waals surface area (Å²) in [4.78, 5) is 30.1. The number of ether oxygens (including phenoxy) is 1. The minimum atomic E-state index is -0.358. The fraction of sp³-hybridized carbons (Fsp3) is 0.231. The lowest BCUT2D eigenvalue weighted by Gasteiger charge is -2.58. The Morgan fingerprint density at radius 1 is 1.00 bits per heavy atom. The van der Waals surface area contributed by atoms with E-state index in [4.69, 9.17) is 4.74 Å². The van der Waals surface area contributed by atoms with Gasteiger partial charge >= 0.3 is 6.03 Å². The Hall–Kier alpha value is -3.84. The predicted octanol–water partition coefficient (Wildman–Crippen LogP) is 3.72. The molecule has 168 valence electrons. The fourth-order valence-electron chi connectivity index (χ4n) is 5.03. The van der Waals surface area contributed by atoms with Gasteiger partial charge in [0.1, 0.15) is 5.75 Å². The molecule has 5 rings (SSSR count). The van der Waals surface area contributed by atoms with Gasteiger partial charge in [-0.15, -0.1) is 0 Å². The zero-order chi connectivity index (χ0) is 22.9. The Labute approximate surface area is 192 Å². The Morgan fingerprint density at radius 3 is 2.45 bits per heavy atom. The van der Waals surface area contributed by atoms with Crippen LogP contribution in [0.3, 0.4) is 0 Å². The van der Waals surface area contributed by atoms with E-state index in [0.717, 1.165) is 11.3 Å². The van der Waals surface area contributed by atoms with Gasteiger partial charge in [-0.25, -0.2) is 4.79 Å². The fourth-order valence-corrected chi connectivity index (χ4v) is 5.03. The molecule has 7 heteroatoms. The van der Waals surface area contributed by atoms with Crippen LogP contribution in [0.1, 0.15) is 21.8 Å². The van der Waals surface area contributed by atoms with E-state index in [-0.39, 0.29) is 36.5 Å². The van der Waals surface area contributed by atoms with Gasteiger partial charge in [-0.3, -0.25) is 4.79 Å². The molecule has 3 amide bonds. The third-order valence-electron chi connectivity index (χ3n) is 6.53. The van der Waals surface area contributed by atoms with Gasteiger partial charge in [-0.2, -0.15) is 0 Å². The second-order valence-corrected chi connectivity index (χ2v) is 8.22. The van der Waals surface area contributed by atoms with Crippen LogP contribution in [0.5, 0.6) is 5.75 Å². The first-order valence-electron chi connectivity index (χ1n) is 10.9. The summed E-state index contributed by atoms with van der Waals surface area (Å²) in [6.07, 6.45) is 0. The number of urea groups is 1. The summed E-state index contributed by atoms with van der Waals surface area (Å²) in [5, 5.41) is 13.1. The van der Waals surface area contributed by atoms with Gasteiger partial charge in [-0.05, 0) is 35.9 Å². The van der Waals surface area contributed by atoms with Crippen molar-refractivity contribution in [2.24, 2.45) is 0 Å². The SMILES string of the molecule is COc1ccccc1C(=O)N1C[C@H]2[C@@H](c3ccccc31)[C@@H](CO)N2C(=O)Nc1ccccc1. The Balaban J connectivity index is 1.49. The largest absolute Gasteiger partial charge is 0.496 e. The van der Waals surface area contributed by atoms with E-state index in [0.29, 0.717) is 23.5 Å². The van der Waals surface area contributed by atoms with Gasteiger partial charge < -0.3 is 25.0 Å². The summed E-state index contributed by atoms with van der Waals surface area (Å²) < 4.78 is 5.41. The molecule has 0 bridgehead atoms. The molecule has 0 radical (unpaired) electrons. The van der Waals surface area contributed by atoms with E-state index in [2.05, 4.69) is 5.32 Å². The van der Waals surface area contributed by atoms with Gasteiger partial charge in [-0.1, -0.05) is 48.5 Å². The maximum absolute atomic E-state index is 13.6. The highest BCUT2D eigenvalue weighted by molar-refractivity contribution is 6.09. The lowest BCUT2D eigenvalue weighted by atomic mass is 9.72. The number of likely N-dealkylation sites (tertiary alicyclic amines) is 1. The van der Waals surface area contributed by atoms with Crippen LogP contribution in [-0.4, -0.2) is 54.3 Å². The van der Waals surface area contributed by atoms with Gasteiger partial charge in [0.15, 0.2) is 0 Å². The lowest BCUT2D eigenvalue weighted by molar-refractivity contribution is -0.00266. The Morgan fingerprint density at radius 2 is 1.70 bits per heavy atom. The van der Waals surface area contributed by atoms with Crippen molar-refractivity contribution >= 4 is 23.3 Å². The summed E-state index contributed by atoms with van der Waals surface area (Å²) in [6, 6.07) is 23.2.